The van der Waals surface area contributed by atoms with Crippen LogP contribution >= 0.6 is 0 Å². The van der Waals surface area contributed by atoms with Gasteiger partial charge in [0.2, 0.25) is 6.79 Å². The second-order valence-corrected chi connectivity index (χ2v) is 9.16. The largest absolute Gasteiger partial charge is 0.497 e. The lowest BCUT2D eigenvalue weighted by molar-refractivity contribution is -0.151. The number of ether oxygens (including phenoxy) is 5. The average Bonchev–Trinajstić information content (AvgIpc) is 3.50. The molecule has 0 amide bonds. The van der Waals surface area contributed by atoms with Gasteiger partial charge in [0.05, 0.1) is 25.7 Å². The summed E-state index contributed by atoms with van der Waals surface area (Å²) in [5.41, 5.74) is 2.12. The molecule has 3 heterocycles. The third-order valence-electron chi connectivity index (χ3n) is 7.46. The summed E-state index contributed by atoms with van der Waals surface area (Å²) in [6, 6.07) is 4.17. The van der Waals surface area contributed by atoms with E-state index in [-0.39, 0.29) is 36.6 Å². The van der Waals surface area contributed by atoms with Gasteiger partial charge in [-0.2, -0.15) is 0 Å². The SMILES string of the molecule is COC(=O)CCCCC(=O)OC1C(OC)=CC23CCCN2CCc2cc4c(cc2C13)OCO4. The van der Waals surface area contributed by atoms with Crippen LogP contribution in [-0.2, 0) is 30.2 Å². The monoisotopic (exact) mass is 457 g/mol. The molecule has 178 valence electrons. The maximum atomic E-state index is 12.8. The van der Waals surface area contributed by atoms with Gasteiger partial charge in [-0.3, -0.25) is 14.5 Å². The number of benzene rings is 1. The van der Waals surface area contributed by atoms with Gasteiger partial charge < -0.3 is 23.7 Å². The molecule has 8 nitrogen and oxygen atoms in total. The van der Waals surface area contributed by atoms with Crippen molar-refractivity contribution >= 4 is 11.9 Å². The first-order valence-corrected chi connectivity index (χ1v) is 11.8. The molecular weight excluding hydrogens is 426 g/mol. The van der Waals surface area contributed by atoms with Crippen LogP contribution in [0.3, 0.4) is 0 Å². The first kappa shape index (κ1) is 22.1. The van der Waals surface area contributed by atoms with E-state index in [2.05, 4.69) is 27.8 Å². The lowest BCUT2D eigenvalue weighted by Crippen LogP contribution is -2.47. The van der Waals surface area contributed by atoms with Crippen LogP contribution in [0.4, 0.5) is 0 Å². The molecule has 8 heteroatoms. The van der Waals surface area contributed by atoms with E-state index in [0.29, 0.717) is 25.0 Å². The van der Waals surface area contributed by atoms with E-state index in [4.69, 9.17) is 18.9 Å². The number of nitrogens with zero attached hydrogens (tertiary/aromatic N) is 1. The van der Waals surface area contributed by atoms with Crippen LogP contribution in [0.25, 0.3) is 0 Å². The van der Waals surface area contributed by atoms with Gasteiger partial charge >= 0.3 is 11.9 Å². The van der Waals surface area contributed by atoms with Gasteiger partial charge in [0.15, 0.2) is 17.6 Å². The lowest BCUT2D eigenvalue weighted by atomic mass is 9.77. The predicted octanol–water partition coefficient (Wildman–Crippen LogP) is 3.08. The Hall–Kier alpha value is -2.74. The molecule has 3 unspecified atom stereocenters. The Bertz CT molecular complexity index is 974. The fourth-order valence-electron chi connectivity index (χ4n) is 5.94. The number of hydrogen-bond acceptors (Lipinski definition) is 8. The first-order valence-electron chi connectivity index (χ1n) is 11.8. The Morgan fingerprint density at radius 3 is 2.61 bits per heavy atom. The summed E-state index contributed by atoms with van der Waals surface area (Å²) in [6.07, 6.45) is 6.41. The predicted molar refractivity (Wildman–Crippen MR) is 118 cm³/mol. The molecule has 1 aliphatic carbocycles. The number of carbonyl (C=O) groups excluding carboxylic acids is 2. The van der Waals surface area contributed by atoms with E-state index in [9.17, 15) is 9.59 Å². The summed E-state index contributed by atoms with van der Waals surface area (Å²) in [5, 5.41) is 0. The fraction of sp³-hybridized carbons (Fsp3) is 0.600. The Kier molecular flexibility index (Phi) is 5.95. The summed E-state index contributed by atoms with van der Waals surface area (Å²) in [5.74, 6) is 1.62. The molecule has 3 atom stereocenters. The van der Waals surface area contributed by atoms with Gasteiger partial charge in [-0.25, -0.2) is 0 Å². The van der Waals surface area contributed by atoms with E-state index in [1.54, 1.807) is 7.11 Å². The molecule has 1 aromatic rings. The minimum atomic E-state index is -0.499. The van der Waals surface area contributed by atoms with Crippen LogP contribution in [0.5, 0.6) is 11.5 Å². The van der Waals surface area contributed by atoms with Crippen molar-refractivity contribution in [2.45, 2.75) is 62.5 Å². The molecule has 4 aliphatic rings. The molecule has 5 rings (SSSR count). The summed E-state index contributed by atoms with van der Waals surface area (Å²) in [4.78, 5) is 26.7. The molecule has 0 saturated carbocycles. The number of methoxy groups -OCH3 is 2. The van der Waals surface area contributed by atoms with Gasteiger partial charge in [0.25, 0.3) is 0 Å². The number of hydrogen-bond donors (Lipinski definition) is 0. The van der Waals surface area contributed by atoms with Crippen molar-refractivity contribution in [1.82, 2.24) is 4.90 Å². The smallest absolute Gasteiger partial charge is 0.306 e. The Morgan fingerprint density at radius 1 is 1.09 bits per heavy atom. The zero-order valence-corrected chi connectivity index (χ0v) is 19.3. The van der Waals surface area contributed by atoms with Crippen molar-refractivity contribution in [2.75, 3.05) is 34.1 Å². The van der Waals surface area contributed by atoms with Crippen molar-refractivity contribution in [3.63, 3.8) is 0 Å². The summed E-state index contributed by atoms with van der Waals surface area (Å²) < 4.78 is 27.9. The van der Waals surface area contributed by atoms with E-state index in [1.807, 2.05) is 0 Å². The van der Waals surface area contributed by atoms with Gasteiger partial charge in [-0.15, -0.1) is 0 Å². The summed E-state index contributed by atoms with van der Waals surface area (Å²) in [7, 11) is 3.01. The second kappa shape index (κ2) is 8.89. The highest BCUT2D eigenvalue weighted by molar-refractivity contribution is 5.71. The molecular formula is C25H31NO7. The van der Waals surface area contributed by atoms with Gasteiger partial charge in [-0.1, -0.05) is 0 Å². The van der Waals surface area contributed by atoms with E-state index >= 15 is 0 Å². The van der Waals surface area contributed by atoms with Crippen molar-refractivity contribution in [1.29, 1.82) is 0 Å². The van der Waals surface area contributed by atoms with Crippen molar-refractivity contribution < 1.29 is 33.3 Å². The topological polar surface area (TPSA) is 83.5 Å². The number of carbonyl (C=O) groups is 2. The van der Waals surface area contributed by atoms with E-state index < -0.39 is 6.10 Å². The van der Waals surface area contributed by atoms with Gasteiger partial charge in [0, 0.05) is 19.4 Å². The van der Waals surface area contributed by atoms with Crippen molar-refractivity contribution in [3.05, 3.63) is 35.1 Å². The third kappa shape index (κ3) is 3.84. The Labute approximate surface area is 193 Å². The van der Waals surface area contributed by atoms with Gasteiger partial charge in [-0.05, 0) is 68.0 Å². The Balaban J connectivity index is 1.42. The normalized spacial score (nSPS) is 27.2. The maximum absolute atomic E-state index is 12.8. The van der Waals surface area contributed by atoms with Crippen LogP contribution < -0.4 is 9.47 Å². The number of fused-ring (bicyclic) bond motifs is 3. The fourth-order valence-corrected chi connectivity index (χ4v) is 5.94. The highest BCUT2D eigenvalue weighted by atomic mass is 16.7. The second-order valence-electron chi connectivity index (χ2n) is 9.16. The van der Waals surface area contributed by atoms with E-state index in [0.717, 1.165) is 49.4 Å². The zero-order chi connectivity index (χ0) is 23.0. The molecule has 1 fully saturated rings. The number of esters is 2. The molecule has 3 aliphatic heterocycles. The highest BCUT2D eigenvalue weighted by Crippen LogP contribution is 2.55. The summed E-state index contributed by atoms with van der Waals surface area (Å²) >= 11 is 0. The third-order valence-corrected chi connectivity index (χ3v) is 7.46. The molecule has 0 bridgehead atoms. The number of rotatable bonds is 7. The first-order chi connectivity index (χ1) is 16.1. The Morgan fingerprint density at radius 2 is 1.85 bits per heavy atom. The number of unbranched alkanes of at least 4 members (excludes halogenated alkanes) is 1. The van der Waals surface area contributed by atoms with Crippen LogP contribution in [0.15, 0.2) is 24.0 Å². The van der Waals surface area contributed by atoms with Gasteiger partial charge in [0.1, 0.15) is 5.76 Å². The highest BCUT2D eigenvalue weighted by Gasteiger charge is 2.58. The molecule has 1 aromatic carbocycles. The minimum Gasteiger partial charge on any atom is -0.497 e. The van der Waals surface area contributed by atoms with Crippen LogP contribution in [0, 0.1) is 0 Å². The standard InChI is InChI=1S/C25H31NO7/c1-29-20-14-25-9-5-10-26(25)11-8-16-12-18-19(32-15-31-18)13-17(16)23(25)24(20)33-22(28)7-4-3-6-21(27)30-2/h12-14,23-24H,3-11,15H2,1-2H3. The van der Waals surface area contributed by atoms with Crippen molar-refractivity contribution in [2.24, 2.45) is 0 Å². The van der Waals surface area contributed by atoms with Crippen molar-refractivity contribution in [3.8, 4) is 11.5 Å². The maximum Gasteiger partial charge on any atom is 0.306 e. The molecule has 0 aromatic heterocycles. The molecule has 0 N–H and O–H groups in total. The quantitative estimate of drug-likeness (QED) is 0.456. The molecule has 1 saturated heterocycles. The molecule has 1 spiro atoms. The average molecular weight is 458 g/mol. The molecule has 0 radical (unpaired) electrons. The molecule has 33 heavy (non-hydrogen) atoms. The lowest BCUT2D eigenvalue weighted by Gasteiger charge is -2.39. The van der Waals surface area contributed by atoms with Crippen LogP contribution in [0.2, 0.25) is 0 Å². The van der Waals surface area contributed by atoms with E-state index in [1.165, 1.54) is 12.7 Å². The minimum absolute atomic E-state index is 0.0685. The zero-order valence-electron chi connectivity index (χ0n) is 19.3. The summed E-state index contributed by atoms with van der Waals surface area (Å²) in [6.45, 7) is 2.18. The van der Waals surface area contributed by atoms with Crippen LogP contribution in [0.1, 0.15) is 55.6 Å². The van der Waals surface area contributed by atoms with Crippen LogP contribution in [-0.4, -0.2) is 62.6 Å².